The van der Waals surface area contributed by atoms with Crippen molar-refractivity contribution in [2.45, 2.75) is 25.9 Å². The molecule has 9 nitrogen and oxygen atoms in total. The Labute approximate surface area is 215 Å². The van der Waals surface area contributed by atoms with Gasteiger partial charge in [-0.05, 0) is 42.3 Å². The SMILES string of the molecule is COc1cccc(CN2C(=O)N(c3cccc(C)c3)C(=O)[C@H]2CC(=O)Nc2cc(OC)cc(OC)c2)c1. The van der Waals surface area contributed by atoms with Crippen molar-refractivity contribution in [3.05, 3.63) is 77.9 Å². The molecule has 1 aliphatic heterocycles. The molecule has 3 aromatic carbocycles. The van der Waals surface area contributed by atoms with Gasteiger partial charge < -0.3 is 24.4 Å². The summed E-state index contributed by atoms with van der Waals surface area (Å²) in [4.78, 5) is 42.8. The number of aryl methyl sites for hydroxylation is 1. The Bertz CT molecular complexity index is 1300. The van der Waals surface area contributed by atoms with E-state index in [9.17, 15) is 14.4 Å². The highest BCUT2D eigenvalue weighted by atomic mass is 16.5. The van der Waals surface area contributed by atoms with E-state index in [-0.39, 0.29) is 13.0 Å². The molecule has 0 bridgehead atoms. The first-order valence-electron chi connectivity index (χ1n) is 11.7. The molecular weight excluding hydrogens is 474 g/mol. The van der Waals surface area contributed by atoms with E-state index in [2.05, 4.69) is 5.32 Å². The second kappa shape index (κ2) is 11.0. The minimum absolute atomic E-state index is 0.134. The molecule has 1 saturated heterocycles. The predicted octanol–water partition coefficient (Wildman–Crippen LogP) is 4.39. The number of carbonyl (C=O) groups is 3. The van der Waals surface area contributed by atoms with E-state index in [0.717, 1.165) is 16.0 Å². The lowest BCUT2D eigenvalue weighted by Crippen LogP contribution is -2.37. The van der Waals surface area contributed by atoms with Crippen LogP contribution in [0.25, 0.3) is 0 Å². The molecule has 1 aliphatic rings. The molecule has 3 aromatic rings. The van der Waals surface area contributed by atoms with Crippen LogP contribution in [0.4, 0.5) is 16.2 Å². The first-order chi connectivity index (χ1) is 17.8. The van der Waals surface area contributed by atoms with Gasteiger partial charge in [0.05, 0.1) is 33.4 Å². The number of hydrogen-bond donors (Lipinski definition) is 1. The molecule has 1 atom stereocenters. The third kappa shape index (κ3) is 5.66. The van der Waals surface area contributed by atoms with Crippen molar-refractivity contribution in [1.82, 2.24) is 4.90 Å². The van der Waals surface area contributed by atoms with Crippen molar-refractivity contribution in [1.29, 1.82) is 0 Å². The predicted molar refractivity (Wildman–Crippen MR) is 139 cm³/mol. The van der Waals surface area contributed by atoms with Crippen LogP contribution in [0.2, 0.25) is 0 Å². The van der Waals surface area contributed by atoms with E-state index in [1.807, 2.05) is 25.1 Å². The number of carbonyl (C=O) groups excluding carboxylic acids is 3. The van der Waals surface area contributed by atoms with Crippen molar-refractivity contribution in [3.63, 3.8) is 0 Å². The van der Waals surface area contributed by atoms with Crippen LogP contribution in [0, 0.1) is 6.92 Å². The molecule has 0 aromatic heterocycles. The smallest absolute Gasteiger partial charge is 0.332 e. The summed E-state index contributed by atoms with van der Waals surface area (Å²) in [7, 11) is 4.59. The summed E-state index contributed by atoms with van der Waals surface area (Å²) in [5, 5.41) is 2.79. The van der Waals surface area contributed by atoms with E-state index in [1.165, 1.54) is 19.1 Å². The number of ether oxygens (including phenoxy) is 3. The average molecular weight is 504 g/mol. The third-order valence-electron chi connectivity index (χ3n) is 6.08. The quantitative estimate of drug-likeness (QED) is 0.435. The zero-order valence-corrected chi connectivity index (χ0v) is 21.2. The van der Waals surface area contributed by atoms with Crippen molar-refractivity contribution >= 4 is 29.2 Å². The monoisotopic (exact) mass is 503 g/mol. The number of rotatable bonds is 9. The van der Waals surface area contributed by atoms with Crippen LogP contribution in [0.1, 0.15) is 17.5 Å². The fraction of sp³-hybridized carbons (Fsp3) is 0.250. The number of benzene rings is 3. The second-order valence-electron chi connectivity index (χ2n) is 8.64. The molecular formula is C28H29N3O6. The highest BCUT2D eigenvalue weighted by Gasteiger charge is 2.46. The van der Waals surface area contributed by atoms with Gasteiger partial charge >= 0.3 is 6.03 Å². The molecule has 0 saturated carbocycles. The highest BCUT2D eigenvalue weighted by molar-refractivity contribution is 6.22. The number of nitrogens with one attached hydrogen (secondary N) is 1. The third-order valence-corrected chi connectivity index (χ3v) is 6.08. The summed E-state index contributed by atoms with van der Waals surface area (Å²) < 4.78 is 15.8. The zero-order valence-electron chi connectivity index (χ0n) is 21.2. The van der Waals surface area contributed by atoms with Crippen LogP contribution in [-0.4, -0.2) is 50.1 Å². The van der Waals surface area contributed by atoms with Crippen molar-refractivity contribution in [2.24, 2.45) is 0 Å². The Morgan fingerprint density at radius 2 is 1.54 bits per heavy atom. The standard InChI is InChI=1S/C28H29N3O6/c1-18-7-5-9-21(11-18)31-27(33)25(30(28(31)34)17-19-8-6-10-22(12-19)35-2)16-26(32)29-20-13-23(36-3)15-24(14-20)37-4/h5-15,25H,16-17H2,1-4H3,(H,29,32)/t25-/m1/s1. The van der Waals surface area contributed by atoms with Gasteiger partial charge in [0, 0.05) is 30.4 Å². The average Bonchev–Trinajstić information content (AvgIpc) is 3.12. The van der Waals surface area contributed by atoms with Crippen LogP contribution in [0.5, 0.6) is 17.2 Å². The molecule has 0 spiro atoms. The number of hydrogen-bond acceptors (Lipinski definition) is 6. The maximum atomic E-state index is 13.6. The van der Waals surface area contributed by atoms with Crippen molar-refractivity contribution in [2.75, 3.05) is 31.5 Å². The Hall–Kier alpha value is -4.53. The van der Waals surface area contributed by atoms with E-state index in [1.54, 1.807) is 55.6 Å². The Morgan fingerprint density at radius 3 is 2.19 bits per heavy atom. The van der Waals surface area contributed by atoms with Gasteiger partial charge in [-0.15, -0.1) is 0 Å². The van der Waals surface area contributed by atoms with Gasteiger partial charge in [0.1, 0.15) is 23.3 Å². The van der Waals surface area contributed by atoms with Gasteiger partial charge in [0.2, 0.25) is 5.91 Å². The lowest BCUT2D eigenvalue weighted by molar-refractivity contribution is -0.124. The molecule has 4 amide bonds. The summed E-state index contributed by atoms with van der Waals surface area (Å²) in [6.45, 7) is 2.02. The van der Waals surface area contributed by atoms with E-state index in [0.29, 0.717) is 28.6 Å². The number of anilines is 2. The minimum atomic E-state index is -0.994. The Balaban J connectivity index is 1.62. The molecule has 4 rings (SSSR count). The van der Waals surface area contributed by atoms with Crippen LogP contribution in [0.15, 0.2) is 66.7 Å². The van der Waals surface area contributed by atoms with Crippen LogP contribution < -0.4 is 24.4 Å². The van der Waals surface area contributed by atoms with Crippen molar-refractivity contribution < 1.29 is 28.6 Å². The topological polar surface area (TPSA) is 97.4 Å². The van der Waals surface area contributed by atoms with Crippen LogP contribution >= 0.6 is 0 Å². The number of amides is 4. The molecule has 192 valence electrons. The van der Waals surface area contributed by atoms with Crippen molar-refractivity contribution in [3.8, 4) is 17.2 Å². The normalized spacial score (nSPS) is 15.1. The van der Waals surface area contributed by atoms with Gasteiger partial charge in [-0.2, -0.15) is 0 Å². The van der Waals surface area contributed by atoms with Gasteiger partial charge in [0.15, 0.2) is 0 Å². The molecule has 0 unspecified atom stereocenters. The largest absolute Gasteiger partial charge is 0.497 e. The summed E-state index contributed by atoms with van der Waals surface area (Å²) in [5.74, 6) is 0.756. The summed E-state index contributed by atoms with van der Waals surface area (Å²) in [5.41, 5.74) is 2.60. The Morgan fingerprint density at radius 1 is 0.865 bits per heavy atom. The van der Waals surface area contributed by atoms with Gasteiger partial charge in [-0.3, -0.25) is 9.59 Å². The zero-order chi connectivity index (χ0) is 26.5. The summed E-state index contributed by atoms with van der Waals surface area (Å²) in [6, 6.07) is 17.9. The molecule has 9 heteroatoms. The van der Waals surface area contributed by atoms with Gasteiger partial charge in [-0.1, -0.05) is 24.3 Å². The fourth-order valence-electron chi connectivity index (χ4n) is 4.25. The molecule has 1 heterocycles. The first-order valence-corrected chi connectivity index (χ1v) is 11.7. The molecule has 1 N–H and O–H groups in total. The number of methoxy groups -OCH3 is 3. The van der Waals surface area contributed by atoms with E-state index >= 15 is 0 Å². The highest BCUT2D eigenvalue weighted by Crippen LogP contribution is 2.30. The number of urea groups is 1. The maximum Gasteiger partial charge on any atom is 0.332 e. The summed E-state index contributed by atoms with van der Waals surface area (Å²) in [6.07, 6.45) is -0.226. The lowest BCUT2D eigenvalue weighted by atomic mass is 10.1. The van der Waals surface area contributed by atoms with Gasteiger partial charge in [0.25, 0.3) is 5.91 Å². The van der Waals surface area contributed by atoms with E-state index in [4.69, 9.17) is 14.2 Å². The van der Waals surface area contributed by atoms with E-state index < -0.39 is 23.9 Å². The molecule has 0 aliphatic carbocycles. The first kappa shape index (κ1) is 25.6. The summed E-state index contributed by atoms with van der Waals surface area (Å²) >= 11 is 0. The molecule has 1 fully saturated rings. The van der Waals surface area contributed by atoms with Crippen LogP contribution in [0.3, 0.4) is 0 Å². The maximum absolute atomic E-state index is 13.6. The number of nitrogens with zero attached hydrogens (tertiary/aromatic N) is 2. The molecule has 37 heavy (non-hydrogen) atoms. The lowest BCUT2D eigenvalue weighted by Gasteiger charge is -2.22. The Kier molecular flexibility index (Phi) is 7.62. The fourth-order valence-corrected chi connectivity index (χ4v) is 4.25. The van der Waals surface area contributed by atoms with Crippen LogP contribution in [-0.2, 0) is 16.1 Å². The van der Waals surface area contributed by atoms with Gasteiger partial charge in [-0.25, -0.2) is 9.69 Å². The molecule has 0 radical (unpaired) electrons. The number of imide groups is 1. The minimum Gasteiger partial charge on any atom is -0.497 e. The second-order valence-corrected chi connectivity index (χ2v) is 8.64.